The molecule has 21 heavy (non-hydrogen) atoms. The minimum Gasteiger partial charge on any atom is -0.454 e. The number of hydrogen-bond acceptors (Lipinski definition) is 6. The molecule has 2 aromatic rings. The first-order valence-electron chi connectivity index (χ1n) is 6.34. The summed E-state index contributed by atoms with van der Waals surface area (Å²) in [5, 5.41) is 0.541. The summed E-state index contributed by atoms with van der Waals surface area (Å²) in [6, 6.07) is 9.12. The Morgan fingerprint density at radius 3 is 2.90 bits per heavy atom. The molecule has 110 valence electrons. The maximum absolute atomic E-state index is 6.06. The Kier molecular flexibility index (Phi) is 4.10. The average molecular weight is 308 g/mol. The van der Waals surface area contributed by atoms with Crippen molar-refractivity contribution in [3.8, 4) is 11.5 Å². The molecule has 7 heteroatoms. The summed E-state index contributed by atoms with van der Waals surface area (Å²) in [5.41, 5.74) is 4.10. The number of nitrogens with two attached hydrogens (primary N) is 1. The lowest BCUT2D eigenvalue weighted by atomic mass is 10.2. The van der Waals surface area contributed by atoms with Crippen molar-refractivity contribution in [2.45, 2.75) is 13.2 Å². The van der Waals surface area contributed by atoms with Crippen LogP contribution in [0.25, 0.3) is 0 Å². The van der Waals surface area contributed by atoms with E-state index >= 15 is 0 Å². The Morgan fingerprint density at radius 1 is 1.19 bits per heavy atom. The number of anilines is 1. The maximum Gasteiger partial charge on any atom is 0.231 e. The number of ether oxygens (including phenoxy) is 3. The minimum atomic E-state index is 0.262. The molecule has 0 aliphatic carbocycles. The van der Waals surface area contributed by atoms with Gasteiger partial charge in [-0.25, -0.2) is 10.8 Å². The first-order chi connectivity index (χ1) is 10.3. The highest BCUT2D eigenvalue weighted by Gasteiger charge is 2.13. The molecule has 1 aromatic heterocycles. The molecule has 6 nitrogen and oxygen atoms in total. The third-order valence-electron chi connectivity index (χ3n) is 3.01. The zero-order valence-electron chi connectivity index (χ0n) is 11.1. The van der Waals surface area contributed by atoms with E-state index in [0.29, 0.717) is 29.7 Å². The van der Waals surface area contributed by atoms with Crippen LogP contribution in [-0.4, -0.2) is 11.8 Å². The molecule has 0 fully saturated rings. The number of hydrogen-bond donors (Lipinski definition) is 2. The zero-order chi connectivity index (χ0) is 14.7. The summed E-state index contributed by atoms with van der Waals surface area (Å²) in [7, 11) is 0. The largest absolute Gasteiger partial charge is 0.454 e. The van der Waals surface area contributed by atoms with Crippen LogP contribution in [0.2, 0.25) is 5.02 Å². The van der Waals surface area contributed by atoms with Crippen molar-refractivity contribution in [2.24, 2.45) is 5.84 Å². The fourth-order valence-electron chi connectivity index (χ4n) is 1.96. The van der Waals surface area contributed by atoms with Gasteiger partial charge in [0.1, 0.15) is 5.82 Å². The van der Waals surface area contributed by atoms with Crippen molar-refractivity contribution in [2.75, 3.05) is 12.2 Å². The molecule has 2 heterocycles. The van der Waals surface area contributed by atoms with E-state index in [-0.39, 0.29) is 6.79 Å². The van der Waals surface area contributed by atoms with Gasteiger partial charge in [-0.05, 0) is 29.8 Å². The van der Waals surface area contributed by atoms with Crippen LogP contribution >= 0.6 is 11.6 Å². The number of halogens is 1. The lowest BCUT2D eigenvalue weighted by Gasteiger charge is -2.08. The summed E-state index contributed by atoms with van der Waals surface area (Å²) < 4.78 is 16.2. The summed E-state index contributed by atoms with van der Waals surface area (Å²) in [5.74, 6) is 7.35. The van der Waals surface area contributed by atoms with Gasteiger partial charge in [0.15, 0.2) is 11.5 Å². The average Bonchev–Trinajstić information content (AvgIpc) is 2.97. The van der Waals surface area contributed by atoms with Gasteiger partial charge in [-0.15, -0.1) is 0 Å². The number of hydrazine groups is 1. The zero-order valence-corrected chi connectivity index (χ0v) is 11.9. The van der Waals surface area contributed by atoms with Crippen molar-refractivity contribution >= 4 is 17.4 Å². The van der Waals surface area contributed by atoms with Crippen molar-refractivity contribution in [1.29, 1.82) is 0 Å². The second kappa shape index (κ2) is 6.17. The van der Waals surface area contributed by atoms with Gasteiger partial charge in [-0.3, -0.25) is 0 Å². The second-order valence-electron chi connectivity index (χ2n) is 4.45. The van der Waals surface area contributed by atoms with Crippen molar-refractivity contribution < 1.29 is 14.2 Å². The van der Waals surface area contributed by atoms with E-state index in [2.05, 4.69) is 10.4 Å². The van der Waals surface area contributed by atoms with Crippen LogP contribution in [0.4, 0.5) is 5.82 Å². The van der Waals surface area contributed by atoms with Gasteiger partial charge in [0.05, 0.1) is 23.9 Å². The van der Waals surface area contributed by atoms with E-state index < -0.39 is 0 Å². The third-order valence-corrected chi connectivity index (χ3v) is 3.36. The number of nitrogens with one attached hydrogen (secondary N) is 1. The second-order valence-corrected chi connectivity index (χ2v) is 4.86. The number of aromatic nitrogens is 1. The number of nitrogens with zero attached hydrogens (tertiary/aromatic N) is 1. The number of benzene rings is 1. The summed E-state index contributed by atoms with van der Waals surface area (Å²) in [6.45, 7) is 0.982. The quantitative estimate of drug-likeness (QED) is 0.652. The van der Waals surface area contributed by atoms with Crippen molar-refractivity contribution in [1.82, 2.24) is 4.98 Å². The smallest absolute Gasteiger partial charge is 0.231 e. The molecule has 3 N–H and O–H groups in total. The van der Waals surface area contributed by atoms with E-state index in [0.717, 1.165) is 17.1 Å². The Hall–Kier alpha value is -2.02. The Bertz CT molecular complexity index is 651. The normalized spacial score (nSPS) is 12.5. The Morgan fingerprint density at radius 2 is 2.05 bits per heavy atom. The topological polar surface area (TPSA) is 78.6 Å². The van der Waals surface area contributed by atoms with Gasteiger partial charge in [0, 0.05) is 0 Å². The van der Waals surface area contributed by atoms with Gasteiger partial charge in [0.2, 0.25) is 6.79 Å². The molecule has 0 radical (unpaired) electrons. The highest BCUT2D eigenvalue weighted by Crippen LogP contribution is 2.32. The molecule has 0 bridgehead atoms. The molecular formula is C14H14ClN3O3. The molecule has 0 saturated carbocycles. The first kappa shape index (κ1) is 13.9. The van der Waals surface area contributed by atoms with Crippen LogP contribution in [-0.2, 0) is 18.0 Å². The number of rotatable bonds is 5. The van der Waals surface area contributed by atoms with Gasteiger partial charge in [-0.2, -0.15) is 0 Å². The van der Waals surface area contributed by atoms with Crippen molar-refractivity contribution in [3.63, 3.8) is 0 Å². The molecule has 0 spiro atoms. The van der Waals surface area contributed by atoms with E-state index in [9.17, 15) is 0 Å². The van der Waals surface area contributed by atoms with Crippen LogP contribution in [0.1, 0.15) is 11.3 Å². The van der Waals surface area contributed by atoms with Crippen LogP contribution < -0.4 is 20.7 Å². The van der Waals surface area contributed by atoms with Gasteiger partial charge < -0.3 is 19.6 Å². The fourth-order valence-corrected chi connectivity index (χ4v) is 2.12. The molecule has 0 atom stereocenters. The highest BCUT2D eigenvalue weighted by molar-refractivity contribution is 6.31. The molecule has 0 amide bonds. The third kappa shape index (κ3) is 3.18. The summed E-state index contributed by atoms with van der Waals surface area (Å²) in [4.78, 5) is 4.24. The predicted molar refractivity (Wildman–Crippen MR) is 78.1 cm³/mol. The lowest BCUT2D eigenvalue weighted by Crippen LogP contribution is -2.09. The van der Waals surface area contributed by atoms with E-state index in [1.807, 2.05) is 18.2 Å². The van der Waals surface area contributed by atoms with Crippen LogP contribution in [0, 0.1) is 0 Å². The molecular weight excluding hydrogens is 294 g/mol. The molecule has 1 aliphatic heterocycles. The molecule has 3 rings (SSSR count). The van der Waals surface area contributed by atoms with Gasteiger partial charge >= 0.3 is 0 Å². The fraction of sp³-hybridized carbons (Fsp3) is 0.214. The first-order valence-corrected chi connectivity index (χ1v) is 6.72. The summed E-state index contributed by atoms with van der Waals surface area (Å²) >= 11 is 6.06. The number of fused-ring (bicyclic) bond motifs is 1. The summed E-state index contributed by atoms with van der Waals surface area (Å²) in [6.07, 6.45) is 0. The Labute approximate surface area is 126 Å². The Balaban J connectivity index is 1.61. The molecule has 0 unspecified atom stereocenters. The monoisotopic (exact) mass is 307 g/mol. The van der Waals surface area contributed by atoms with Crippen LogP contribution in [0.15, 0.2) is 30.3 Å². The maximum atomic E-state index is 6.06. The van der Waals surface area contributed by atoms with Gasteiger partial charge in [0.25, 0.3) is 0 Å². The van der Waals surface area contributed by atoms with Crippen LogP contribution in [0.3, 0.4) is 0 Å². The van der Waals surface area contributed by atoms with E-state index in [1.54, 1.807) is 12.1 Å². The highest BCUT2D eigenvalue weighted by atomic mass is 35.5. The van der Waals surface area contributed by atoms with Crippen molar-refractivity contribution in [3.05, 3.63) is 46.6 Å². The SMILES string of the molecule is NNc1ccc(Cl)c(COCc2ccc3c(c2)OCO3)n1. The molecule has 1 aromatic carbocycles. The number of pyridine rings is 1. The number of nitrogen functional groups attached to an aromatic ring is 1. The van der Waals surface area contributed by atoms with E-state index in [1.165, 1.54) is 0 Å². The minimum absolute atomic E-state index is 0.262. The van der Waals surface area contributed by atoms with Crippen LogP contribution in [0.5, 0.6) is 11.5 Å². The lowest BCUT2D eigenvalue weighted by molar-refractivity contribution is 0.104. The molecule has 1 aliphatic rings. The standard InChI is InChI=1S/C14H14ClN3O3/c15-10-2-4-14(18-16)17-11(10)7-19-6-9-1-3-12-13(5-9)21-8-20-12/h1-5H,6-8,16H2,(H,17,18). The molecule has 0 saturated heterocycles. The predicted octanol–water partition coefficient (Wildman–Crippen LogP) is 2.47. The van der Waals surface area contributed by atoms with E-state index in [4.69, 9.17) is 31.7 Å². The van der Waals surface area contributed by atoms with Gasteiger partial charge in [-0.1, -0.05) is 17.7 Å².